The number of hydrogen-bond donors (Lipinski definition) is 0. The fourth-order valence-electron chi connectivity index (χ4n) is 3.95. The molecular weight excluding hydrogens is 228 g/mol. The maximum atomic E-state index is 12.0. The first-order valence-electron chi connectivity index (χ1n) is 7.23. The second-order valence-corrected chi connectivity index (χ2v) is 7.48. The van der Waals surface area contributed by atoms with Crippen LogP contribution >= 0.6 is 0 Å². The highest BCUT2D eigenvalue weighted by Crippen LogP contribution is 2.64. The van der Waals surface area contributed by atoms with Gasteiger partial charge in [0, 0.05) is 17.9 Å². The van der Waals surface area contributed by atoms with Gasteiger partial charge < -0.3 is 9.47 Å². The molecule has 2 saturated carbocycles. The van der Waals surface area contributed by atoms with Crippen molar-refractivity contribution in [3.63, 3.8) is 0 Å². The summed E-state index contributed by atoms with van der Waals surface area (Å²) in [6.07, 6.45) is 5.74. The van der Waals surface area contributed by atoms with Crippen molar-refractivity contribution in [3.05, 3.63) is 0 Å². The number of carbonyl (C=O) groups is 1. The number of carbonyl (C=O) groups excluding carboxylic acids is 1. The highest BCUT2D eigenvalue weighted by Gasteiger charge is 2.68. The van der Waals surface area contributed by atoms with Crippen LogP contribution in [0.3, 0.4) is 0 Å². The molecule has 0 radical (unpaired) electrons. The van der Waals surface area contributed by atoms with Crippen LogP contribution in [-0.2, 0) is 14.3 Å². The fraction of sp³-hybridized carbons (Fsp3) is 0.933. The molecule has 0 unspecified atom stereocenters. The summed E-state index contributed by atoms with van der Waals surface area (Å²) in [5.41, 5.74) is 0.216. The largest absolute Gasteiger partial charge is 0.461 e. The molecule has 0 aromatic heterocycles. The monoisotopic (exact) mass is 252 g/mol. The summed E-state index contributed by atoms with van der Waals surface area (Å²) in [7, 11) is 0. The summed E-state index contributed by atoms with van der Waals surface area (Å²) >= 11 is 0. The zero-order chi connectivity index (χ0) is 13.0. The Hall–Kier alpha value is -0.570. The smallest absolute Gasteiger partial charge is 0.306 e. The Morgan fingerprint density at radius 2 is 2.11 bits per heavy atom. The van der Waals surface area contributed by atoms with Gasteiger partial charge >= 0.3 is 5.97 Å². The second kappa shape index (κ2) is 3.96. The first-order valence-corrected chi connectivity index (χ1v) is 7.23. The number of esters is 1. The van der Waals surface area contributed by atoms with Crippen molar-refractivity contribution in [1.82, 2.24) is 0 Å². The Morgan fingerprint density at radius 1 is 1.39 bits per heavy atom. The molecule has 3 fully saturated rings. The third-order valence-corrected chi connectivity index (χ3v) is 4.88. The molecule has 1 heterocycles. The van der Waals surface area contributed by atoms with Crippen molar-refractivity contribution in [2.75, 3.05) is 6.61 Å². The minimum Gasteiger partial charge on any atom is -0.461 e. The normalized spacial score (nSPS) is 36.7. The third kappa shape index (κ3) is 1.78. The van der Waals surface area contributed by atoms with Crippen LogP contribution in [0.25, 0.3) is 0 Å². The highest BCUT2D eigenvalue weighted by molar-refractivity contribution is 5.70. The van der Waals surface area contributed by atoms with Crippen LogP contribution < -0.4 is 0 Å². The topological polar surface area (TPSA) is 35.5 Å². The molecule has 0 aromatic carbocycles. The van der Waals surface area contributed by atoms with E-state index in [-0.39, 0.29) is 22.9 Å². The maximum absolute atomic E-state index is 12.0. The predicted octanol–water partition coefficient (Wildman–Crippen LogP) is 2.92. The third-order valence-electron chi connectivity index (χ3n) is 4.88. The van der Waals surface area contributed by atoms with E-state index in [2.05, 4.69) is 20.8 Å². The fourth-order valence-corrected chi connectivity index (χ4v) is 3.95. The minimum absolute atomic E-state index is 0.0131. The first-order chi connectivity index (χ1) is 8.42. The van der Waals surface area contributed by atoms with Gasteiger partial charge in [-0.25, -0.2) is 0 Å². The van der Waals surface area contributed by atoms with Gasteiger partial charge in [0.15, 0.2) is 0 Å². The lowest BCUT2D eigenvalue weighted by molar-refractivity contribution is -0.249. The molecule has 0 aromatic rings. The summed E-state index contributed by atoms with van der Waals surface area (Å²) in [5, 5.41) is 0. The Labute approximate surface area is 109 Å². The molecule has 3 rings (SSSR count). The van der Waals surface area contributed by atoms with Crippen LogP contribution in [0.15, 0.2) is 0 Å². The Kier molecular flexibility index (Phi) is 2.74. The van der Waals surface area contributed by atoms with E-state index in [1.54, 1.807) is 0 Å². The molecule has 0 N–H and O–H groups in total. The first kappa shape index (κ1) is 12.5. The summed E-state index contributed by atoms with van der Waals surface area (Å²) in [4.78, 5) is 12.0. The van der Waals surface area contributed by atoms with Gasteiger partial charge in [0.2, 0.25) is 0 Å². The van der Waals surface area contributed by atoms with Crippen LogP contribution in [0.2, 0.25) is 0 Å². The lowest BCUT2D eigenvalue weighted by Crippen LogP contribution is -2.67. The van der Waals surface area contributed by atoms with Gasteiger partial charge in [0.1, 0.15) is 6.10 Å². The molecule has 3 aliphatic rings. The van der Waals surface area contributed by atoms with Crippen LogP contribution in [-0.4, -0.2) is 24.8 Å². The molecule has 3 heteroatoms. The zero-order valence-corrected chi connectivity index (χ0v) is 11.7. The van der Waals surface area contributed by atoms with E-state index < -0.39 is 0 Å². The lowest BCUT2D eigenvalue weighted by Gasteiger charge is -2.61. The molecule has 2 aliphatic carbocycles. The van der Waals surface area contributed by atoms with E-state index in [1.165, 1.54) is 19.3 Å². The number of rotatable bonds is 2. The molecule has 102 valence electrons. The molecule has 0 amide bonds. The van der Waals surface area contributed by atoms with Gasteiger partial charge in [-0.1, -0.05) is 27.2 Å². The van der Waals surface area contributed by atoms with Crippen LogP contribution in [0, 0.1) is 16.7 Å². The van der Waals surface area contributed by atoms with E-state index in [0.29, 0.717) is 18.4 Å². The van der Waals surface area contributed by atoms with Gasteiger partial charge in [0.05, 0.1) is 12.5 Å². The van der Waals surface area contributed by atoms with Crippen molar-refractivity contribution < 1.29 is 14.3 Å². The van der Waals surface area contributed by atoms with Gasteiger partial charge in [-0.2, -0.15) is 0 Å². The zero-order valence-electron chi connectivity index (χ0n) is 11.7. The van der Waals surface area contributed by atoms with Crippen molar-refractivity contribution >= 4 is 5.97 Å². The quantitative estimate of drug-likeness (QED) is 0.709. The second-order valence-electron chi connectivity index (χ2n) is 7.48. The average molecular weight is 252 g/mol. The molecule has 3 atom stereocenters. The lowest BCUT2D eigenvalue weighted by atomic mass is 9.47. The van der Waals surface area contributed by atoms with Crippen LogP contribution in [0.5, 0.6) is 0 Å². The van der Waals surface area contributed by atoms with Gasteiger partial charge in [-0.05, 0) is 24.7 Å². The number of hydrogen-bond acceptors (Lipinski definition) is 3. The summed E-state index contributed by atoms with van der Waals surface area (Å²) in [5.74, 6) is 0.457. The molecule has 18 heavy (non-hydrogen) atoms. The van der Waals surface area contributed by atoms with Crippen molar-refractivity contribution in [1.29, 1.82) is 0 Å². The Bertz CT molecular complexity index is 351. The average Bonchev–Trinajstić information content (AvgIpc) is 2.54. The molecule has 1 spiro atoms. The Balaban J connectivity index is 1.64. The molecule has 0 bridgehead atoms. The molecule has 1 aliphatic heterocycles. The minimum atomic E-state index is -0.0240. The van der Waals surface area contributed by atoms with Crippen LogP contribution in [0.4, 0.5) is 0 Å². The predicted molar refractivity (Wildman–Crippen MR) is 68.1 cm³/mol. The van der Waals surface area contributed by atoms with E-state index >= 15 is 0 Å². The maximum Gasteiger partial charge on any atom is 0.306 e. The van der Waals surface area contributed by atoms with E-state index in [9.17, 15) is 4.79 Å². The van der Waals surface area contributed by atoms with Crippen molar-refractivity contribution in [2.45, 2.75) is 65.1 Å². The molecule has 1 saturated heterocycles. The highest BCUT2D eigenvalue weighted by atomic mass is 16.6. The van der Waals surface area contributed by atoms with Crippen molar-refractivity contribution in [3.8, 4) is 0 Å². The summed E-state index contributed by atoms with van der Waals surface area (Å²) in [6.45, 7) is 7.09. The molecule has 3 nitrogen and oxygen atoms in total. The van der Waals surface area contributed by atoms with Crippen LogP contribution in [0.1, 0.15) is 52.9 Å². The van der Waals surface area contributed by atoms with Gasteiger partial charge in [-0.15, -0.1) is 0 Å². The standard InChI is InChI=1S/C15H24O3/c1-14(2,3)9-11(16)18-13-10-5-8-17-12(10)15(13)6-4-7-15/h10,12-13H,4-9H2,1-3H3/t10-,12+,13+/m0/s1. The van der Waals surface area contributed by atoms with E-state index in [0.717, 1.165) is 13.0 Å². The van der Waals surface area contributed by atoms with Crippen molar-refractivity contribution in [2.24, 2.45) is 16.7 Å². The van der Waals surface area contributed by atoms with E-state index in [4.69, 9.17) is 9.47 Å². The summed E-state index contributed by atoms with van der Waals surface area (Å²) < 4.78 is 11.6. The molecular formula is C15H24O3. The number of ether oxygens (including phenoxy) is 2. The van der Waals surface area contributed by atoms with Gasteiger partial charge in [0.25, 0.3) is 0 Å². The SMILES string of the molecule is CC(C)(C)CC(=O)O[C@@H]1[C@H]2CCO[C@H]2C12CCC2. The summed E-state index contributed by atoms with van der Waals surface area (Å²) in [6, 6.07) is 0. The number of fused-ring (bicyclic) bond motifs is 2. The van der Waals surface area contributed by atoms with E-state index in [1.807, 2.05) is 0 Å². The Morgan fingerprint density at radius 3 is 2.67 bits per heavy atom. The van der Waals surface area contributed by atoms with Gasteiger partial charge in [-0.3, -0.25) is 4.79 Å².